The first-order chi connectivity index (χ1) is 18.7. The molecule has 0 aromatic heterocycles. The van der Waals surface area contributed by atoms with Crippen molar-refractivity contribution < 1.29 is 14.0 Å². The summed E-state index contributed by atoms with van der Waals surface area (Å²) in [6.07, 6.45) is 3.35. The lowest BCUT2D eigenvalue weighted by Crippen LogP contribution is -2.33. The van der Waals surface area contributed by atoms with E-state index in [9.17, 15) is 14.0 Å². The van der Waals surface area contributed by atoms with Crippen molar-refractivity contribution in [2.45, 2.75) is 46.0 Å². The SMILES string of the molecule is C=C(CCN1CCC(c2cccc(NC(=O)C(C)C)c2)CC1)c1ccccc1.CC(=O)Nc1ccccc1F. The van der Waals surface area contributed by atoms with Crippen LogP contribution in [0.4, 0.5) is 15.8 Å². The first-order valence-electron chi connectivity index (χ1n) is 13.6. The summed E-state index contributed by atoms with van der Waals surface area (Å²) in [5.41, 5.74) is 4.95. The van der Waals surface area contributed by atoms with Crippen LogP contribution in [0.1, 0.15) is 57.1 Å². The maximum absolute atomic E-state index is 12.7. The molecule has 1 aliphatic rings. The van der Waals surface area contributed by atoms with Gasteiger partial charge < -0.3 is 15.5 Å². The molecule has 5 nitrogen and oxygen atoms in total. The van der Waals surface area contributed by atoms with Gasteiger partial charge in [-0.2, -0.15) is 0 Å². The molecule has 0 radical (unpaired) electrons. The normalized spacial score (nSPS) is 13.8. The maximum Gasteiger partial charge on any atom is 0.226 e. The fraction of sp³-hybridized carbons (Fsp3) is 0.333. The standard InChI is InChI=1S/C25H32N2O.C8H8FNO/c1-19(2)25(28)26-24-11-7-10-23(18-24)22-13-16-27(17-14-22)15-12-20(3)21-8-5-4-6-9-21;1-6(11)10-8-5-3-2-4-7(8)9/h4-11,18-19,22H,3,12-17H2,1-2H3,(H,26,28);2-5H,1H3,(H,10,11). The van der Waals surface area contributed by atoms with Gasteiger partial charge in [0.15, 0.2) is 0 Å². The van der Waals surface area contributed by atoms with Gasteiger partial charge in [-0.3, -0.25) is 9.59 Å². The highest BCUT2D eigenvalue weighted by atomic mass is 19.1. The topological polar surface area (TPSA) is 61.4 Å². The molecule has 2 amide bonds. The number of piperidine rings is 1. The molecule has 3 aromatic rings. The molecule has 2 N–H and O–H groups in total. The summed E-state index contributed by atoms with van der Waals surface area (Å²) in [6, 6.07) is 24.9. The van der Waals surface area contributed by atoms with Crippen LogP contribution >= 0.6 is 0 Å². The molecule has 1 saturated heterocycles. The zero-order valence-corrected chi connectivity index (χ0v) is 23.3. The van der Waals surface area contributed by atoms with Crippen molar-refractivity contribution in [1.29, 1.82) is 0 Å². The van der Waals surface area contributed by atoms with Crippen molar-refractivity contribution in [3.63, 3.8) is 0 Å². The number of halogens is 1. The second-order valence-electron chi connectivity index (χ2n) is 10.3. The Hall–Kier alpha value is -3.77. The minimum Gasteiger partial charge on any atom is -0.326 e. The van der Waals surface area contributed by atoms with E-state index in [0.717, 1.165) is 31.7 Å². The van der Waals surface area contributed by atoms with Gasteiger partial charge in [0.05, 0.1) is 5.69 Å². The van der Waals surface area contributed by atoms with E-state index >= 15 is 0 Å². The summed E-state index contributed by atoms with van der Waals surface area (Å²) >= 11 is 0. The van der Waals surface area contributed by atoms with Crippen LogP contribution < -0.4 is 10.6 Å². The highest BCUT2D eigenvalue weighted by molar-refractivity contribution is 5.92. The molecule has 39 heavy (non-hydrogen) atoms. The molecule has 3 aromatic carbocycles. The molecule has 0 saturated carbocycles. The van der Waals surface area contributed by atoms with Crippen molar-refractivity contribution >= 4 is 28.8 Å². The number of amides is 2. The third kappa shape index (κ3) is 9.80. The van der Waals surface area contributed by atoms with Gasteiger partial charge in [0, 0.05) is 25.1 Å². The van der Waals surface area contributed by atoms with Crippen LogP contribution in [0.15, 0.2) is 85.4 Å². The summed E-state index contributed by atoms with van der Waals surface area (Å²) in [4.78, 5) is 25.0. The van der Waals surface area contributed by atoms with Crippen LogP contribution in [0.2, 0.25) is 0 Å². The number of para-hydroxylation sites is 1. The van der Waals surface area contributed by atoms with E-state index in [1.807, 2.05) is 26.0 Å². The van der Waals surface area contributed by atoms with Crippen molar-refractivity contribution in [3.8, 4) is 0 Å². The molecule has 0 spiro atoms. The molecule has 0 unspecified atom stereocenters. The first kappa shape index (κ1) is 29.8. The van der Waals surface area contributed by atoms with Gasteiger partial charge in [-0.1, -0.05) is 75.0 Å². The number of carbonyl (C=O) groups excluding carboxylic acids is 2. The Morgan fingerprint density at radius 1 is 0.949 bits per heavy atom. The summed E-state index contributed by atoms with van der Waals surface area (Å²) in [5.74, 6) is -0.0366. The van der Waals surface area contributed by atoms with Gasteiger partial charge in [0.2, 0.25) is 11.8 Å². The Balaban J connectivity index is 0.000000320. The van der Waals surface area contributed by atoms with Crippen LogP contribution in [-0.4, -0.2) is 36.3 Å². The quantitative estimate of drug-likeness (QED) is 0.321. The number of benzene rings is 3. The Morgan fingerprint density at radius 3 is 2.26 bits per heavy atom. The fourth-order valence-electron chi connectivity index (χ4n) is 4.51. The average Bonchev–Trinajstić information content (AvgIpc) is 2.94. The van der Waals surface area contributed by atoms with Gasteiger partial charge >= 0.3 is 0 Å². The highest BCUT2D eigenvalue weighted by Crippen LogP contribution is 2.30. The Morgan fingerprint density at radius 2 is 1.62 bits per heavy atom. The van der Waals surface area contributed by atoms with Gasteiger partial charge in [0.1, 0.15) is 5.82 Å². The second kappa shape index (κ2) is 15.0. The minimum atomic E-state index is -0.414. The number of hydrogen-bond donors (Lipinski definition) is 2. The average molecular weight is 530 g/mol. The first-order valence-corrected chi connectivity index (χ1v) is 13.6. The number of nitrogens with one attached hydrogen (secondary N) is 2. The molecular weight excluding hydrogens is 489 g/mol. The monoisotopic (exact) mass is 529 g/mol. The molecule has 6 heteroatoms. The Labute approximate surface area is 232 Å². The van der Waals surface area contributed by atoms with E-state index in [-0.39, 0.29) is 23.4 Å². The molecule has 0 bridgehead atoms. The second-order valence-corrected chi connectivity index (χ2v) is 10.3. The highest BCUT2D eigenvalue weighted by Gasteiger charge is 2.21. The molecule has 0 atom stereocenters. The van der Waals surface area contributed by atoms with Crippen LogP contribution in [0.25, 0.3) is 5.57 Å². The molecular formula is C33H40FN3O2. The predicted molar refractivity (Wildman–Crippen MR) is 159 cm³/mol. The van der Waals surface area contributed by atoms with Gasteiger partial charge in [-0.05, 0) is 79.2 Å². The number of hydrogen-bond acceptors (Lipinski definition) is 3. The summed E-state index contributed by atoms with van der Waals surface area (Å²) in [6.45, 7) is 12.7. The largest absolute Gasteiger partial charge is 0.326 e. The molecule has 0 aliphatic carbocycles. The van der Waals surface area contributed by atoms with Gasteiger partial charge in [0.25, 0.3) is 0 Å². The van der Waals surface area contributed by atoms with E-state index in [4.69, 9.17) is 0 Å². The minimum absolute atomic E-state index is 0.00229. The number of likely N-dealkylation sites (tertiary alicyclic amines) is 1. The number of carbonyl (C=O) groups is 2. The summed E-state index contributed by atoms with van der Waals surface area (Å²) in [5, 5.41) is 5.38. The van der Waals surface area contributed by atoms with E-state index in [2.05, 4.69) is 64.6 Å². The van der Waals surface area contributed by atoms with Crippen molar-refractivity contribution in [2.24, 2.45) is 5.92 Å². The van der Waals surface area contributed by atoms with Crippen LogP contribution in [0.5, 0.6) is 0 Å². The lowest BCUT2D eigenvalue weighted by atomic mass is 9.89. The van der Waals surface area contributed by atoms with E-state index in [1.54, 1.807) is 12.1 Å². The third-order valence-electron chi connectivity index (χ3n) is 6.83. The molecule has 206 valence electrons. The smallest absolute Gasteiger partial charge is 0.226 e. The van der Waals surface area contributed by atoms with Crippen LogP contribution in [0, 0.1) is 11.7 Å². The Kier molecular flexibility index (Phi) is 11.4. The zero-order valence-electron chi connectivity index (χ0n) is 23.3. The van der Waals surface area contributed by atoms with Gasteiger partial charge in [-0.15, -0.1) is 0 Å². The van der Waals surface area contributed by atoms with Crippen molar-refractivity contribution in [1.82, 2.24) is 4.90 Å². The molecule has 1 aliphatic heterocycles. The fourth-order valence-corrected chi connectivity index (χ4v) is 4.51. The van der Waals surface area contributed by atoms with Crippen molar-refractivity contribution in [3.05, 3.63) is 102 Å². The van der Waals surface area contributed by atoms with Crippen LogP contribution in [0.3, 0.4) is 0 Å². The number of rotatable bonds is 8. The molecule has 4 rings (SSSR count). The van der Waals surface area contributed by atoms with E-state index in [0.29, 0.717) is 5.92 Å². The zero-order chi connectivity index (χ0) is 28.2. The lowest BCUT2D eigenvalue weighted by Gasteiger charge is -2.32. The third-order valence-corrected chi connectivity index (χ3v) is 6.83. The Bertz CT molecular complexity index is 1230. The lowest BCUT2D eigenvalue weighted by molar-refractivity contribution is -0.119. The number of anilines is 2. The maximum atomic E-state index is 12.7. The molecule has 1 fully saturated rings. The van der Waals surface area contributed by atoms with E-state index < -0.39 is 5.82 Å². The van der Waals surface area contributed by atoms with E-state index in [1.165, 1.54) is 48.6 Å². The predicted octanol–water partition coefficient (Wildman–Crippen LogP) is 7.35. The molecule has 1 heterocycles. The van der Waals surface area contributed by atoms with Crippen molar-refractivity contribution in [2.75, 3.05) is 30.3 Å². The summed E-state index contributed by atoms with van der Waals surface area (Å²) in [7, 11) is 0. The summed E-state index contributed by atoms with van der Waals surface area (Å²) < 4.78 is 12.7. The number of nitrogens with zero attached hydrogens (tertiary/aromatic N) is 1. The van der Waals surface area contributed by atoms with Gasteiger partial charge in [-0.25, -0.2) is 4.39 Å². The van der Waals surface area contributed by atoms with Crippen LogP contribution in [-0.2, 0) is 9.59 Å².